The molecule has 3 rings (SSSR count). The zero-order valence-electron chi connectivity index (χ0n) is 13.7. The largest absolute Gasteiger partial charge is 0.353 e. The van der Waals surface area contributed by atoms with Crippen LogP contribution in [0.3, 0.4) is 0 Å². The van der Waals surface area contributed by atoms with Gasteiger partial charge in [0, 0.05) is 25.4 Å². The van der Waals surface area contributed by atoms with Crippen molar-refractivity contribution in [3.63, 3.8) is 0 Å². The molecule has 0 unspecified atom stereocenters. The highest BCUT2D eigenvalue weighted by atomic mass is 16.5. The quantitative estimate of drug-likeness (QED) is 0.858. The summed E-state index contributed by atoms with van der Waals surface area (Å²) >= 11 is 0. The fourth-order valence-corrected chi connectivity index (χ4v) is 2.91. The summed E-state index contributed by atoms with van der Waals surface area (Å²) in [5.41, 5.74) is 2.30. The lowest BCUT2D eigenvalue weighted by molar-refractivity contribution is 0.368. The Balaban J connectivity index is 1.87. The smallest absolute Gasteiger partial charge is 0.226 e. The monoisotopic (exact) mass is 312 g/mol. The topological polar surface area (TPSA) is 91.7 Å². The van der Waals surface area contributed by atoms with E-state index in [0.717, 1.165) is 49.4 Å². The molecule has 2 aromatic heterocycles. The van der Waals surface area contributed by atoms with Gasteiger partial charge in [-0.2, -0.15) is 15.3 Å². The van der Waals surface area contributed by atoms with E-state index in [0.29, 0.717) is 17.3 Å². The highest BCUT2D eigenvalue weighted by Crippen LogP contribution is 2.30. The highest BCUT2D eigenvalue weighted by molar-refractivity contribution is 5.57. The normalized spacial score (nSPS) is 18.0. The van der Waals surface area contributed by atoms with Gasteiger partial charge in [0.25, 0.3) is 0 Å². The maximum Gasteiger partial charge on any atom is 0.226 e. The van der Waals surface area contributed by atoms with Gasteiger partial charge in [-0.05, 0) is 32.3 Å². The van der Waals surface area contributed by atoms with Crippen molar-refractivity contribution in [3.05, 3.63) is 28.5 Å². The summed E-state index contributed by atoms with van der Waals surface area (Å²) < 4.78 is 5.23. The Morgan fingerprint density at radius 2 is 2.17 bits per heavy atom. The number of hydrogen-bond donors (Lipinski definition) is 0. The molecule has 1 fully saturated rings. The lowest BCUT2D eigenvalue weighted by Gasteiger charge is -2.32. The van der Waals surface area contributed by atoms with Gasteiger partial charge in [0.1, 0.15) is 11.6 Å². The van der Waals surface area contributed by atoms with Crippen LogP contribution in [0.1, 0.15) is 54.2 Å². The van der Waals surface area contributed by atoms with E-state index in [4.69, 9.17) is 4.52 Å². The molecule has 1 atom stereocenters. The van der Waals surface area contributed by atoms with Gasteiger partial charge in [-0.25, -0.2) is 0 Å². The SMILES string of the molecule is CCc1nc([C@@H]2CCCN(c3nnc(C)c(C)c3C#N)C2)no1. The van der Waals surface area contributed by atoms with E-state index in [-0.39, 0.29) is 5.92 Å². The highest BCUT2D eigenvalue weighted by Gasteiger charge is 2.28. The maximum absolute atomic E-state index is 9.49. The molecule has 120 valence electrons. The van der Waals surface area contributed by atoms with Gasteiger partial charge in [-0.1, -0.05) is 12.1 Å². The van der Waals surface area contributed by atoms with Crippen LogP contribution >= 0.6 is 0 Å². The summed E-state index contributed by atoms with van der Waals surface area (Å²) in [6.45, 7) is 7.38. The number of nitriles is 1. The fourth-order valence-electron chi connectivity index (χ4n) is 2.91. The van der Waals surface area contributed by atoms with E-state index in [1.165, 1.54) is 0 Å². The number of rotatable bonds is 3. The van der Waals surface area contributed by atoms with Gasteiger partial charge in [-0.3, -0.25) is 0 Å². The molecule has 1 aliphatic rings. The number of hydrogen-bond acceptors (Lipinski definition) is 7. The minimum absolute atomic E-state index is 0.197. The molecule has 3 heterocycles. The Morgan fingerprint density at radius 1 is 1.35 bits per heavy atom. The number of piperidine rings is 1. The van der Waals surface area contributed by atoms with Crippen molar-refractivity contribution in [2.45, 2.75) is 46.0 Å². The van der Waals surface area contributed by atoms with Crippen molar-refractivity contribution in [2.75, 3.05) is 18.0 Å². The lowest BCUT2D eigenvalue weighted by Crippen LogP contribution is -2.36. The maximum atomic E-state index is 9.49. The van der Waals surface area contributed by atoms with E-state index in [1.54, 1.807) is 0 Å². The zero-order valence-corrected chi connectivity index (χ0v) is 13.7. The Bertz CT molecular complexity index is 748. The fraction of sp³-hybridized carbons (Fsp3) is 0.562. The summed E-state index contributed by atoms with van der Waals surface area (Å²) in [7, 11) is 0. The van der Waals surface area contributed by atoms with E-state index < -0.39 is 0 Å². The molecular formula is C16H20N6O. The number of aromatic nitrogens is 4. The van der Waals surface area contributed by atoms with E-state index in [2.05, 4.69) is 31.3 Å². The molecule has 0 aromatic carbocycles. The van der Waals surface area contributed by atoms with Crippen molar-refractivity contribution in [1.82, 2.24) is 20.3 Å². The Morgan fingerprint density at radius 3 is 2.87 bits per heavy atom. The predicted molar refractivity (Wildman–Crippen MR) is 84.1 cm³/mol. The molecule has 7 nitrogen and oxygen atoms in total. The van der Waals surface area contributed by atoms with Gasteiger partial charge in [0.15, 0.2) is 11.6 Å². The molecule has 1 saturated heterocycles. The molecule has 0 spiro atoms. The van der Waals surface area contributed by atoms with Crippen molar-refractivity contribution in [1.29, 1.82) is 5.26 Å². The molecule has 7 heteroatoms. The van der Waals surface area contributed by atoms with Gasteiger partial charge in [0.05, 0.1) is 5.69 Å². The molecule has 1 aliphatic heterocycles. The zero-order chi connectivity index (χ0) is 16.4. The first-order valence-electron chi connectivity index (χ1n) is 7.95. The predicted octanol–water partition coefficient (Wildman–Crippen LogP) is 2.29. The van der Waals surface area contributed by atoms with Crippen LogP contribution in [0.5, 0.6) is 0 Å². The van der Waals surface area contributed by atoms with Crippen LogP contribution in [0, 0.1) is 25.2 Å². The van der Waals surface area contributed by atoms with Crippen LogP contribution in [0.2, 0.25) is 0 Å². The first kappa shape index (κ1) is 15.4. The number of aryl methyl sites for hydroxylation is 2. The van der Waals surface area contributed by atoms with E-state index in [1.807, 2.05) is 20.8 Å². The van der Waals surface area contributed by atoms with Gasteiger partial charge in [-0.15, -0.1) is 5.10 Å². The Kier molecular flexibility index (Phi) is 4.24. The molecule has 0 saturated carbocycles. The second-order valence-corrected chi connectivity index (χ2v) is 5.91. The average molecular weight is 312 g/mol. The van der Waals surface area contributed by atoms with Crippen LogP contribution in [0.4, 0.5) is 5.82 Å². The first-order valence-corrected chi connectivity index (χ1v) is 7.95. The molecule has 0 bridgehead atoms. The van der Waals surface area contributed by atoms with E-state index >= 15 is 0 Å². The average Bonchev–Trinajstić information content (AvgIpc) is 3.06. The lowest BCUT2D eigenvalue weighted by atomic mass is 9.96. The standard InChI is InChI=1S/C16H20N6O/c1-4-14-18-15(21-23-14)12-6-5-7-22(9-12)16-13(8-17)10(2)11(3)19-20-16/h12H,4-7,9H2,1-3H3/t12-/m1/s1. The van der Waals surface area contributed by atoms with Crippen LogP contribution in [0.15, 0.2) is 4.52 Å². The minimum atomic E-state index is 0.197. The second kappa shape index (κ2) is 6.32. The summed E-state index contributed by atoms with van der Waals surface area (Å²) in [5.74, 6) is 2.28. The molecule has 2 aromatic rings. The minimum Gasteiger partial charge on any atom is -0.353 e. The van der Waals surface area contributed by atoms with Crippen molar-refractivity contribution < 1.29 is 4.52 Å². The molecule has 23 heavy (non-hydrogen) atoms. The molecule has 0 amide bonds. The van der Waals surface area contributed by atoms with Crippen molar-refractivity contribution in [2.24, 2.45) is 0 Å². The number of nitrogens with zero attached hydrogens (tertiary/aromatic N) is 6. The first-order chi connectivity index (χ1) is 11.1. The van der Waals surface area contributed by atoms with Crippen LogP contribution in [-0.4, -0.2) is 33.4 Å². The Hall–Kier alpha value is -2.49. The van der Waals surface area contributed by atoms with Gasteiger partial charge < -0.3 is 9.42 Å². The third-order valence-electron chi connectivity index (χ3n) is 4.42. The van der Waals surface area contributed by atoms with Crippen LogP contribution < -0.4 is 4.90 Å². The van der Waals surface area contributed by atoms with Crippen LogP contribution in [-0.2, 0) is 6.42 Å². The summed E-state index contributed by atoms with van der Waals surface area (Å²) in [6, 6.07) is 2.28. The molecular weight excluding hydrogens is 292 g/mol. The third-order valence-corrected chi connectivity index (χ3v) is 4.42. The third kappa shape index (κ3) is 2.89. The summed E-state index contributed by atoms with van der Waals surface area (Å²) in [4.78, 5) is 6.57. The molecule has 0 N–H and O–H groups in total. The van der Waals surface area contributed by atoms with Crippen LogP contribution in [0.25, 0.3) is 0 Å². The second-order valence-electron chi connectivity index (χ2n) is 5.91. The molecule has 0 aliphatic carbocycles. The number of anilines is 1. The molecule has 0 radical (unpaired) electrons. The Labute approximate surface area is 135 Å². The van der Waals surface area contributed by atoms with Gasteiger partial charge >= 0.3 is 0 Å². The summed E-state index contributed by atoms with van der Waals surface area (Å²) in [5, 5.41) is 22.0. The van der Waals surface area contributed by atoms with Gasteiger partial charge in [0.2, 0.25) is 5.89 Å². The van der Waals surface area contributed by atoms with Crippen molar-refractivity contribution in [3.8, 4) is 6.07 Å². The summed E-state index contributed by atoms with van der Waals surface area (Å²) in [6.07, 6.45) is 2.75. The van der Waals surface area contributed by atoms with Crippen molar-refractivity contribution >= 4 is 5.82 Å². The van der Waals surface area contributed by atoms with E-state index in [9.17, 15) is 5.26 Å².